The number of pyridine rings is 1. The van der Waals surface area contributed by atoms with Crippen LogP contribution in [0.25, 0.3) is 0 Å². The molecular formula is C14H15N3O2. The lowest BCUT2D eigenvalue weighted by molar-refractivity contribution is 0.0948. The number of aromatic nitrogens is 1. The first kappa shape index (κ1) is 12.9. The Morgan fingerprint density at radius 2 is 2.21 bits per heavy atom. The zero-order chi connectivity index (χ0) is 13.7. The largest absolute Gasteiger partial charge is 0.494 e. The van der Waals surface area contributed by atoms with E-state index in [0.717, 1.165) is 5.56 Å². The number of nitrogens with one attached hydrogen (secondary N) is 1. The standard InChI is InChI=1S/C14H15N3O2/c1-19-13-11(5-2-6-12(13)15)14(18)17-9-10-4-3-7-16-8-10/h2-8H,9,15H2,1H3,(H,17,18). The van der Waals surface area contributed by atoms with E-state index in [1.807, 2.05) is 12.1 Å². The van der Waals surface area contributed by atoms with Crippen molar-refractivity contribution in [1.82, 2.24) is 10.3 Å². The highest BCUT2D eigenvalue weighted by molar-refractivity contribution is 5.98. The Kier molecular flexibility index (Phi) is 3.97. The summed E-state index contributed by atoms with van der Waals surface area (Å²) in [4.78, 5) is 16.1. The molecule has 19 heavy (non-hydrogen) atoms. The molecule has 0 saturated carbocycles. The molecule has 0 saturated heterocycles. The van der Waals surface area contributed by atoms with Crippen LogP contribution in [0.15, 0.2) is 42.7 Å². The molecule has 3 N–H and O–H groups in total. The van der Waals surface area contributed by atoms with Gasteiger partial charge in [-0.15, -0.1) is 0 Å². The predicted octanol–water partition coefficient (Wildman–Crippen LogP) is 1.60. The molecule has 0 fully saturated rings. The Balaban J connectivity index is 2.10. The zero-order valence-electron chi connectivity index (χ0n) is 10.6. The van der Waals surface area contributed by atoms with Crippen molar-refractivity contribution < 1.29 is 9.53 Å². The van der Waals surface area contributed by atoms with E-state index in [2.05, 4.69) is 10.3 Å². The summed E-state index contributed by atoms with van der Waals surface area (Å²) in [5.74, 6) is 0.166. The maximum absolute atomic E-state index is 12.1. The summed E-state index contributed by atoms with van der Waals surface area (Å²) in [5, 5.41) is 2.80. The van der Waals surface area contributed by atoms with E-state index in [4.69, 9.17) is 10.5 Å². The van der Waals surface area contributed by atoms with Gasteiger partial charge in [0.1, 0.15) is 0 Å². The van der Waals surface area contributed by atoms with Crippen molar-refractivity contribution in [3.63, 3.8) is 0 Å². The second kappa shape index (κ2) is 5.86. The lowest BCUT2D eigenvalue weighted by atomic mass is 10.1. The maximum Gasteiger partial charge on any atom is 0.255 e. The number of rotatable bonds is 4. The number of methoxy groups -OCH3 is 1. The van der Waals surface area contributed by atoms with Gasteiger partial charge in [-0.1, -0.05) is 12.1 Å². The van der Waals surface area contributed by atoms with Crippen LogP contribution in [0, 0.1) is 0 Å². The van der Waals surface area contributed by atoms with Gasteiger partial charge in [0.15, 0.2) is 5.75 Å². The minimum Gasteiger partial charge on any atom is -0.494 e. The Bertz CT molecular complexity index is 570. The second-order valence-electron chi connectivity index (χ2n) is 3.97. The van der Waals surface area contributed by atoms with E-state index < -0.39 is 0 Å². The molecule has 0 aliphatic rings. The zero-order valence-corrected chi connectivity index (χ0v) is 10.6. The second-order valence-corrected chi connectivity index (χ2v) is 3.97. The third-order valence-electron chi connectivity index (χ3n) is 2.67. The van der Waals surface area contributed by atoms with Gasteiger partial charge < -0.3 is 15.8 Å². The first-order chi connectivity index (χ1) is 9.22. The van der Waals surface area contributed by atoms with E-state index in [0.29, 0.717) is 23.5 Å². The van der Waals surface area contributed by atoms with Crippen LogP contribution < -0.4 is 15.8 Å². The first-order valence-corrected chi connectivity index (χ1v) is 5.82. The molecule has 0 unspecified atom stereocenters. The summed E-state index contributed by atoms with van der Waals surface area (Å²) in [6.45, 7) is 0.407. The lowest BCUT2D eigenvalue weighted by Crippen LogP contribution is -2.23. The van der Waals surface area contributed by atoms with E-state index in [1.165, 1.54) is 7.11 Å². The Morgan fingerprint density at radius 1 is 1.37 bits per heavy atom. The number of nitrogens with two attached hydrogens (primary N) is 1. The quantitative estimate of drug-likeness (QED) is 0.816. The average Bonchev–Trinajstić information content (AvgIpc) is 2.45. The molecule has 5 nitrogen and oxygen atoms in total. The Morgan fingerprint density at radius 3 is 2.89 bits per heavy atom. The van der Waals surface area contributed by atoms with Crippen LogP contribution in [-0.2, 0) is 6.54 Å². The van der Waals surface area contributed by atoms with Gasteiger partial charge in [-0.25, -0.2) is 0 Å². The molecule has 0 radical (unpaired) electrons. The van der Waals surface area contributed by atoms with E-state index in [-0.39, 0.29) is 5.91 Å². The monoisotopic (exact) mass is 257 g/mol. The van der Waals surface area contributed by atoms with Crippen LogP contribution in [0.4, 0.5) is 5.69 Å². The molecule has 0 spiro atoms. The van der Waals surface area contributed by atoms with Crippen LogP contribution in [0.1, 0.15) is 15.9 Å². The van der Waals surface area contributed by atoms with Gasteiger partial charge in [0.2, 0.25) is 0 Å². The fourth-order valence-corrected chi connectivity index (χ4v) is 1.74. The summed E-state index contributed by atoms with van der Waals surface area (Å²) in [7, 11) is 1.49. The summed E-state index contributed by atoms with van der Waals surface area (Å²) in [6.07, 6.45) is 3.39. The number of carbonyl (C=O) groups is 1. The molecule has 0 aliphatic carbocycles. The number of nitrogen functional groups attached to an aromatic ring is 1. The third-order valence-corrected chi connectivity index (χ3v) is 2.67. The van der Waals surface area contributed by atoms with Crippen LogP contribution in [0.2, 0.25) is 0 Å². The number of nitrogens with zero attached hydrogens (tertiary/aromatic N) is 1. The van der Waals surface area contributed by atoms with Crippen LogP contribution >= 0.6 is 0 Å². The third kappa shape index (κ3) is 3.01. The van der Waals surface area contributed by atoms with Crippen molar-refractivity contribution >= 4 is 11.6 Å². The van der Waals surface area contributed by atoms with Crippen molar-refractivity contribution in [3.05, 3.63) is 53.9 Å². The Labute approximate surface area is 111 Å². The topological polar surface area (TPSA) is 77.2 Å². The molecule has 1 aromatic heterocycles. The summed E-state index contributed by atoms with van der Waals surface area (Å²) >= 11 is 0. The van der Waals surface area contributed by atoms with Gasteiger partial charge in [0, 0.05) is 18.9 Å². The molecule has 0 atom stereocenters. The molecule has 1 amide bonds. The number of carbonyl (C=O) groups excluding carboxylic acids is 1. The van der Waals surface area contributed by atoms with Gasteiger partial charge in [0.25, 0.3) is 5.91 Å². The number of anilines is 1. The number of hydrogen-bond acceptors (Lipinski definition) is 4. The van der Waals surface area contributed by atoms with E-state index in [9.17, 15) is 4.79 Å². The summed E-state index contributed by atoms with van der Waals surface area (Å²) < 4.78 is 5.15. The average molecular weight is 257 g/mol. The van der Waals surface area contributed by atoms with Crippen LogP contribution in [-0.4, -0.2) is 18.0 Å². The fourth-order valence-electron chi connectivity index (χ4n) is 1.74. The fraction of sp³-hybridized carbons (Fsp3) is 0.143. The molecule has 0 aliphatic heterocycles. The van der Waals surface area contributed by atoms with Crippen molar-refractivity contribution in [2.45, 2.75) is 6.54 Å². The molecule has 2 aromatic rings. The summed E-state index contributed by atoms with van der Waals surface area (Å²) in [6, 6.07) is 8.80. The normalized spacial score (nSPS) is 9.95. The highest BCUT2D eigenvalue weighted by atomic mass is 16.5. The van der Waals surface area contributed by atoms with Gasteiger partial charge >= 0.3 is 0 Å². The van der Waals surface area contributed by atoms with Crippen LogP contribution in [0.3, 0.4) is 0 Å². The van der Waals surface area contributed by atoms with E-state index in [1.54, 1.807) is 30.6 Å². The van der Waals surface area contributed by atoms with Crippen molar-refractivity contribution in [1.29, 1.82) is 0 Å². The molecule has 1 aromatic carbocycles. The highest BCUT2D eigenvalue weighted by Gasteiger charge is 2.13. The van der Waals surface area contributed by atoms with Crippen molar-refractivity contribution in [2.75, 3.05) is 12.8 Å². The van der Waals surface area contributed by atoms with E-state index >= 15 is 0 Å². The molecule has 1 heterocycles. The minimum atomic E-state index is -0.229. The predicted molar refractivity (Wildman–Crippen MR) is 72.8 cm³/mol. The van der Waals surface area contributed by atoms with Crippen LogP contribution in [0.5, 0.6) is 5.75 Å². The smallest absolute Gasteiger partial charge is 0.255 e. The minimum absolute atomic E-state index is 0.229. The highest BCUT2D eigenvalue weighted by Crippen LogP contribution is 2.25. The number of amides is 1. The van der Waals surface area contributed by atoms with Gasteiger partial charge in [0.05, 0.1) is 18.4 Å². The molecule has 0 bridgehead atoms. The first-order valence-electron chi connectivity index (χ1n) is 5.82. The molecule has 98 valence electrons. The number of benzene rings is 1. The number of ether oxygens (including phenoxy) is 1. The van der Waals surface area contributed by atoms with Gasteiger partial charge in [-0.05, 0) is 23.8 Å². The maximum atomic E-state index is 12.1. The van der Waals surface area contributed by atoms with Gasteiger partial charge in [-0.3, -0.25) is 9.78 Å². The molecule has 2 rings (SSSR count). The number of hydrogen-bond donors (Lipinski definition) is 2. The van der Waals surface area contributed by atoms with Gasteiger partial charge in [-0.2, -0.15) is 0 Å². The van der Waals surface area contributed by atoms with Crippen molar-refractivity contribution in [2.24, 2.45) is 0 Å². The molecule has 5 heteroatoms. The number of para-hydroxylation sites is 1. The molecular weight excluding hydrogens is 242 g/mol. The van der Waals surface area contributed by atoms with Crippen molar-refractivity contribution in [3.8, 4) is 5.75 Å². The summed E-state index contributed by atoms with van der Waals surface area (Å²) in [5.41, 5.74) is 7.56. The SMILES string of the molecule is COc1c(N)cccc1C(=O)NCc1cccnc1. The lowest BCUT2D eigenvalue weighted by Gasteiger charge is -2.11. The Hall–Kier alpha value is -2.56.